The highest BCUT2D eigenvalue weighted by Crippen LogP contribution is 2.52. The summed E-state index contributed by atoms with van der Waals surface area (Å²) >= 11 is 18.1. The van der Waals surface area contributed by atoms with E-state index in [1.807, 2.05) is 0 Å². The number of halogens is 4. The third-order valence-corrected chi connectivity index (χ3v) is 5.83. The van der Waals surface area contributed by atoms with Gasteiger partial charge in [0.2, 0.25) is 5.91 Å². The molecule has 0 saturated carbocycles. The Bertz CT molecular complexity index is 924. The molecule has 3 N–H and O–H groups in total. The second-order valence-electron chi connectivity index (χ2n) is 6.55. The molecular formula is C18H14Cl3FN2O2. The fraction of sp³-hybridized carbons (Fsp3) is 0.278. The number of hydrogen-bond acceptors (Lipinski definition) is 3. The van der Waals surface area contributed by atoms with Crippen LogP contribution in [0, 0.1) is 5.82 Å². The van der Waals surface area contributed by atoms with Crippen molar-refractivity contribution < 1.29 is 14.3 Å². The molecule has 1 spiro atoms. The maximum Gasteiger partial charge on any atom is 0.250 e. The fourth-order valence-corrected chi connectivity index (χ4v) is 4.73. The van der Waals surface area contributed by atoms with E-state index in [1.165, 1.54) is 12.1 Å². The van der Waals surface area contributed by atoms with E-state index in [2.05, 4.69) is 10.6 Å². The van der Waals surface area contributed by atoms with E-state index < -0.39 is 17.3 Å². The average molecular weight is 416 g/mol. The zero-order chi connectivity index (χ0) is 18.6. The van der Waals surface area contributed by atoms with Crippen LogP contribution in [0.15, 0.2) is 30.3 Å². The van der Waals surface area contributed by atoms with Gasteiger partial charge < -0.3 is 10.4 Å². The molecule has 0 bridgehead atoms. The number of carbonyl (C=O) groups is 1. The zero-order valence-corrected chi connectivity index (χ0v) is 15.6. The van der Waals surface area contributed by atoms with Crippen molar-refractivity contribution in [2.45, 2.75) is 23.9 Å². The van der Waals surface area contributed by atoms with Crippen molar-refractivity contribution in [3.8, 4) is 0 Å². The van der Waals surface area contributed by atoms with Gasteiger partial charge in [0, 0.05) is 33.3 Å². The quantitative estimate of drug-likeness (QED) is 0.648. The molecule has 4 rings (SSSR count). The number of aliphatic hydroxyl groups excluding tert-OH is 1. The molecule has 0 unspecified atom stereocenters. The van der Waals surface area contributed by atoms with Gasteiger partial charge in [0.15, 0.2) is 0 Å². The molecule has 0 aliphatic carbocycles. The van der Waals surface area contributed by atoms with E-state index in [1.54, 1.807) is 18.2 Å². The van der Waals surface area contributed by atoms with Gasteiger partial charge in [-0.2, -0.15) is 0 Å². The number of benzene rings is 2. The monoisotopic (exact) mass is 414 g/mol. The third-order valence-electron chi connectivity index (χ3n) is 5.10. The molecule has 1 fully saturated rings. The highest BCUT2D eigenvalue weighted by molar-refractivity contribution is 6.34. The van der Waals surface area contributed by atoms with Gasteiger partial charge in [-0.15, -0.1) is 0 Å². The van der Waals surface area contributed by atoms with Crippen LogP contribution in [0.4, 0.5) is 10.1 Å². The van der Waals surface area contributed by atoms with Gasteiger partial charge in [0.1, 0.15) is 11.4 Å². The molecular weight excluding hydrogens is 402 g/mol. The number of hydrogen-bond donors (Lipinski definition) is 3. The standard InChI is InChI=1S/C18H14Cl3FN2O2/c19-8-1-2-12-15(5-8)23-17(26)18(12)13(6-10(7-25)24-18)11-3-9(20)4-14(21)16(11)22/h1-5,10,13,24-25H,6-7H2,(H,23,26)/t10-,13-,18-/m1/s1. The lowest BCUT2D eigenvalue weighted by Gasteiger charge is -2.30. The maximum atomic E-state index is 14.8. The predicted molar refractivity (Wildman–Crippen MR) is 99.5 cm³/mol. The van der Waals surface area contributed by atoms with Crippen LogP contribution in [0.5, 0.6) is 0 Å². The summed E-state index contributed by atoms with van der Waals surface area (Å²) < 4.78 is 14.8. The van der Waals surface area contributed by atoms with Gasteiger partial charge in [-0.05, 0) is 36.2 Å². The van der Waals surface area contributed by atoms with Crippen molar-refractivity contribution in [3.05, 3.63) is 62.3 Å². The lowest BCUT2D eigenvalue weighted by Crippen LogP contribution is -2.49. The van der Waals surface area contributed by atoms with Gasteiger partial charge in [0.25, 0.3) is 0 Å². The summed E-state index contributed by atoms with van der Waals surface area (Å²) in [6.07, 6.45) is 0.347. The van der Waals surface area contributed by atoms with Crippen molar-refractivity contribution >= 4 is 46.4 Å². The van der Waals surface area contributed by atoms with Crippen molar-refractivity contribution in [2.24, 2.45) is 0 Å². The molecule has 2 heterocycles. The molecule has 1 saturated heterocycles. The summed E-state index contributed by atoms with van der Waals surface area (Å²) in [4.78, 5) is 13.0. The number of amides is 1. The van der Waals surface area contributed by atoms with Gasteiger partial charge in [-0.3, -0.25) is 10.1 Å². The molecule has 0 aromatic heterocycles. The minimum Gasteiger partial charge on any atom is -0.395 e. The number of aliphatic hydroxyl groups is 1. The van der Waals surface area contributed by atoms with Crippen molar-refractivity contribution in [2.75, 3.05) is 11.9 Å². The van der Waals surface area contributed by atoms with E-state index in [-0.39, 0.29) is 34.2 Å². The summed E-state index contributed by atoms with van der Waals surface area (Å²) in [6, 6.07) is 7.48. The number of carbonyl (C=O) groups excluding carboxylic acids is 1. The summed E-state index contributed by atoms with van der Waals surface area (Å²) in [5.41, 5.74) is 0.224. The molecule has 2 aromatic rings. The Labute approximate surface area is 164 Å². The smallest absolute Gasteiger partial charge is 0.250 e. The summed E-state index contributed by atoms with van der Waals surface area (Å²) in [6.45, 7) is -0.190. The molecule has 2 aromatic carbocycles. The van der Waals surface area contributed by atoms with Crippen LogP contribution in [0.25, 0.3) is 0 Å². The van der Waals surface area contributed by atoms with Crippen LogP contribution in [0.2, 0.25) is 15.1 Å². The maximum absolute atomic E-state index is 14.8. The molecule has 3 atom stereocenters. The minimum atomic E-state index is -1.23. The van der Waals surface area contributed by atoms with Crippen LogP contribution in [0.1, 0.15) is 23.5 Å². The summed E-state index contributed by atoms with van der Waals surface area (Å²) in [5, 5.41) is 16.3. The van der Waals surface area contributed by atoms with E-state index >= 15 is 0 Å². The van der Waals surface area contributed by atoms with Crippen LogP contribution in [-0.2, 0) is 10.3 Å². The molecule has 8 heteroatoms. The lowest BCUT2D eigenvalue weighted by atomic mass is 9.76. The molecule has 4 nitrogen and oxygen atoms in total. The number of nitrogens with one attached hydrogen (secondary N) is 2. The highest BCUT2D eigenvalue weighted by atomic mass is 35.5. The van der Waals surface area contributed by atoms with Gasteiger partial charge in [-0.1, -0.05) is 40.9 Å². The van der Waals surface area contributed by atoms with Crippen molar-refractivity contribution in [1.82, 2.24) is 5.32 Å². The molecule has 2 aliphatic rings. The Balaban J connectivity index is 1.94. The van der Waals surface area contributed by atoms with Crippen LogP contribution < -0.4 is 10.6 Å². The zero-order valence-electron chi connectivity index (χ0n) is 13.3. The van der Waals surface area contributed by atoms with Crippen LogP contribution >= 0.6 is 34.8 Å². The van der Waals surface area contributed by atoms with Gasteiger partial charge in [0.05, 0.1) is 11.6 Å². The molecule has 26 heavy (non-hydrogen) atoms. The Morgan fingerprint density at radius 1 is 1.19 bits per heavy atom. The summed E-state index contributed by atoms with van der Waals surface area (Å²) in [5.74, 6) is -1.54. The SMILES string of the molecule is O=C1Nc2cc(Cl)ccc2[C@]12N[C@@H](CO)C[C@@H]2c1cc(Cl)cc(Cl)c1F. The molecule has 136 valence electrons. The highest BCUT2D eigenvalue weighted by Gasteiger charge is 2.58. The van der Waals surface area contributed by atoms with E-state index in [4.69, 9.17) is 34.8 Å². The first-order chi connectivity index (χ1) is 12.4. The van der Waals surface area contributed by atoms with Gasteiger partial charge >= 0.3 is 0 Å². The number of fused-ring (bicyclic) bond motifs is 2. The number of anilines is 1. The molecule has 0 radical (unpaired) electrons. The third kappa shape index (κ3) is 2.53. The Kier molecular flexibility index (Phi) is 4.40. The first kappa shape index (κ1) is 18.0. The van der Waals surface area contributed by atoms with Gasteiger partial charge in [-0.25, -0.2) is 4.39 Å². The van der Waals surface area contributed by atoms with Crippen molar-refractivity contribution in [3.63, 3.8) is 0 Å². The minimum absolute atomic E-state index is 0.107. The lowest BCUT2D eigenvalue weighted by molar-refractivity contribution is -0.122. The first-order valence-electron chi connectivity index (χ1n) is 8.01. The Morgan fingerprint density at radius 2 is 1.96 bits per heavy atom. The Hall–Kier alpha value is -1.37. The van der Waals surface area contributed by atoms with E-state index in [0.717, 1.165) is 0 Å². The number of rotatable bonds is 2. The fourth-order valence-electron chi connectivity index (χ4n) is 4.05. The topological polar surface area (TPSA) is 61.4 Å². The normalized spacial score (nSPS) is 27.0. The van der Waals surface area contributed by atoms with Crippen LogP contribution in [0.3, 0.4) is 0 Å². The Morgan fingerprint density at radius 3 is 2.69 bits per heavy atom. The van der Waals surface area contributed by atoms with Crippen molar-refractivity contribution in [1.29, 1.82) is 0 Å². The second-order valence-corrected chi connectivity index (χ2v) is 7.84. The molecule has 1 amide bonds. The second kappa shape index (κ2) is 6.36. The van der Waals surface area contributed by atoms with Crippen LogP contribution in [-0.4, -0.2) is 23.7 Å². The average Bonchev–Trinajstić information content (AvgIpc) is 3.10. The first-order valence-corrected chi connectivity index (χ1v) is 9.14. The van der Waals surface area contributed by atoms with E-state index in [9.17, 15) is 14.3 Å². The largest absolute Gasteiger partial charge is 0.395 e. The predicted octanol–water partition coefficient (Wildman–Crippen LogP) is 4.07. The summed E-state index contributed by atoms with van der Waals surface area (Å²) in [7, 11) is 0. The van der Waals surface area contributed by atoms with E-state index in [0.29, 0.717) is 22.7 Å². The molecule has 2 aliphatic heterocycles.